The van der Waals surface area contributed by atoms with Crippen molar-refractivity contribution in [3.8, 4) is 0 Å². The van der Waals surface area contributed by atoms with Crippen molar-refractivity contribution in [3.05, 3.63) is 55.4 Å². The smallest absolute Gasteiger partial charge is 0.295 e. The number of Topliss-reactive ketones (excluding diaryl/α,β-unsaturated/α-hetero) is 1. The highest BCUT2D eigenvalue weighted by molar-refractivity contribution is 9.11. The van der Waals surface area contributed by atoms with E-state index >= 15 is 0 Å². The topological polar surface area (TPSA) is 85.3 Å². The normalized spacial score (nSPS) is 12.7. The van der Waals surface area contributed by atoms with Gasteiger partial charge in [0.05, 0.1) is 9.79 Å². The molecule has 0 saturated heterocycles. The van der Waals surface area contributed by atoms with Crippen LogP contribution in [0.1, 0.15) is 17.3 Å². The van der Waals surface area contributed by atoms with E-state index in [0.29, 0.717) is 6.07 Å². The summed E-state index contributed by atoms with van der Waals surface area (Å²) in [4.78, 5) is 9.28. The van der Waals surface area contributed by atoms with Gasteiger partial charge >= 0.3 is 11.0 Å². The van der Waals surface area contributed by atoms with Gasteiger partial charge in [-0.1, -0.05) is 47.8 Å². The van der Waals surface area contributed by atoms with E-state index in [9.17, 15) is 48.0 Å². The number of carbonyl (C=O) groups is 1. The number of alkyl halides is 6. The van der Waals surface area contributed by atoms with Gasteiger partial charge in [-0.05, 0) is 43.3 Å². The summed E-state index contributed by atoms with van der Waals surface area (Å²) < 4.78 is 118. The molecule has 0 aliphatic rings. The quantitative estimate of drug-likeness (QED) is 0.272. The zero-order valence-electron chi connectivity index (χ0n) is 15.2. The number of carbonyl (C=O) groups excluding carboxylic acids is 1. The van der Waals surface area contributed by atoms with Crippen molar-refractivity contribution in [3.63, 3.8) is 0 Å². The average Bonchev–Trinajstić information content (AvgIpc) is 2.58. The number of sulfone groups is 2. The van der Waals surface area contributed by atoms with Crippen LogP contribution in [0.2, 0.25) is 0 Å². The molecular formula is C16H9Br3F6O5S2. The van der Waals surface area contributed by atoms with Crippen LogP contribution < -0.4 is 0 Å². The fourth-order valence-electron chi connectivity index (χ4n) is 1.87. The van der Waals surface area contributed by atoms with Crippen molar-refractivity contribution in [1.82, 2.24) is 0 Å². The zero-order chi connectivity index (χ0) is 25.3. The molecule has 0 spiro atoms. The third-order valence-electron chi connectivity index (χ3n) is 3.34. The first kappa shape index (κ1) is 29.1. The number of benzene rings is 2. The Morgan fingerprint density at radius 2 is 0.969 bits per heavy atom. The van der Waals surface area contributed by atoms with Gasteiger partial charge in [0.2, 0.25) is 0 Å². The SMILES string of the molecule is CC(=O)c1cc(Br)cc(S(=O)(=O)C(F)(F)F)c1.O=S(=O)(c1cc(Br)cc(Br)c1)C(F)(F)F. The van der Waals surface area contributed by atoms with Crippen molar-refractivity contribution in [2.24, 2.45) is 0 Å². The van der Waals surface area contributed by atoms with E-state index in [2.05, 4.69) is 47.8 Å². The lowest BCUT2D eigenvalue weighted by atomic mass is 10.2. The highest BCUT2D eigenvalue weighted by Crippen LogP contribution is 2.34. The van der Waals surface area contributed by atoms with Crippen LogP contribution >= 0.6 is 47.8 Å². The summed E-state index contributed by atoms with van der Waals surface area (Å²) in [5, 5.41) is 0. The standard InChI is InChI=1S/C9H6BrF3O3S.C7H3Br2F3O2S/c1-5(14)6-2-7(10)4-8(3-6)17(15,16)9(11,12)13;8-4-1-5(9)3-6(2-4)15(13,14)7(10,11)12/h2-4H,1H3;1-3H. The Bertz CT molecular complexity index is 1220. The second-order valence-corrected chi connectivity index (χ2v) is 12.4. The molecular weight excluding hydrogens is 690 g/mol. The molecule has 178 valence electrons. The van der Waals surface area contributed by atoms with Crippen LogP contribution in [-0.2, 0) is 19.7 Å². The molecule has 2 rings (SSSR count). The van der Waals surface area contributed by atoms with E-state index in [1.165, 1.54) is 12.1 Å². The second-order valence-electron chi connectivity index (χ2n) is 5.74. The van der Waals surface area contributed by atoms with Crippen LogP contribution in [0, 0.1) is 0 Å². The average molecular weight is 699 g/mol. The Morgan fingerprint density at radius 3 is 1.28 bits per heavy atom. The third-order valence-corrected chi connectivity index (χ3v) is 7.65. The minimum Gasteiger partial charge on any atom is -0.295 e. The lowest BCUT2D eigenvalue weighted by Gasteiger charge is -2.09. The second kappa shape index (κ2) is 10.1. The van der Waals surface area contributed by atoms with Gasteiger partial charge in [-0.25, -0.2) is 16.8 Å². The first-order valence-electron chi connectivity index (χ1n) is 7.60. The molecule has 0 saturated carbocycles. The summed E-state index contributed by atoms with van der Waals surface area (Å²) in [7, 11) is -10.7. The fourth-order valence-corrected chi connectivity index (χ4v) is 5.78. The monoisotopic (exact) mass is 696 g/mol. The maximum Gasteiger partial charge on any atom is 0.501 e. The lowest BCUT2D eigenvalue weighted by molar-refractivity contribution is -0.0442. The molecule has 0 fully saturated rings. The van der Waals surface area contributed by atoms with E-state index in [1.54, 1.807) is 0 Å². The molecule has 0 unspecified atom stereocenters. The molecule has 5 nitrogen and oxygen atoms in total. The van der Waals surface area contributed by atoms with E-state index in [1.807, 2.05) is 0 Å². The Labute approximate surface area is 203 Å². The molecule has 0 aliphatic carbocycles. The number of rotatable bonds is 3. The van der Waals surface area contributed by atoms with Crippen LogP contribution in [0.3, 0.4) is 0 Å². The Morgan fingerprint density at radius 1 is 0.656 bits per heavy atom. The minimum absolute atomic E-state index is 0.0908. The van der Waals surface area contributed by atoms with Gasteiger partial charge in [-0.3, -0.25) is 4.79 Å². The largest absolute Gasteiger partial charge is 0.501 e. The van der Waals surface area contributed by atoms with Gasteiger partial charge in [-0.15, -0.1) is 0 Å². The highest BCUT2D eigenvalue weighted by atomic mass is 79.9. The van der Waals surface area contributed by atoms with Gasteiger partial charge in [0.1, 0.15) is 0 Å². The predicted octanol–water partition coefficient (Wildman–Crippen LogP) is 6.45. The van der Waals surface area contributed by atoms with Gasteiger partial charge in [-0.2, -0.15) is 26.3 Å². The van der Waals surface area contributed by atoms with E-state index in [0.717, 1.165) is 25.1 Å². The molecule has 0 heterocycles. The number of hydrogen-bond acceptors (Lipinski definition) is 5. The predicted molar refractivity (Wildman–Crippen MR) is 112 cm³/mol. The lowest BCUT2D eigenvalue weighted by Crippen LogP contribution is -2.23. The summed E-state index contributed by atoms with van der Waals surface area (Å²) in [6.07, 6.45) is 0. The number of hydrogen-bond donors (Lipinski definition) is 0. The fraction of sp³-hybridized carbons (Fsp3) is 0.188. The maximum absolute atomic E-state index is 12.3. The van der Waals surface area contributed by atoms with Gasteiger partial charge in [0.15, 0.2) is 5.78 Å². The molecule has 2 aromatic rings. The van der Waals surface area contributed by atoms with Crippen LogP contribution in [0.15, 0.2) is 59.6 Å². The molecule has 0 atom stereocenters. The molecule has 0 bridgehead atoms. The van der Waals surface area contributed by atoms with Crippen LogP contribution in [0.5, 0.6) is 0 Å². The number of ketones is 1. The Kier molecular flexibility index (Phi) is 9.18. The van der Waals surface area contributed by atoms with Crippen molar-refractivity contribution >= 4 is 73.2 Å². The van der Waals surface area contributed by atoms with E-state index in [4.69, 9.17) is 0 Å². The molecule has 0 aliphatic heterocycles. The van der Waals surface area contributed by atoms with Crippen molar-refractivity contribution in [2.75, 3.05) is 0 Å². The first-order valence-corrected chi connectivity index (χ1v) is 12.9. The maximum atomic E-state index is 12.3. The Hall–Kier alpha value is -0.970. The summed E-state index contributed by atoms with van der Waals surface area (Å²) >= 11 is 8.68. The summed E-state index contributed by atoms with van der Waals surface area (Å²) in [6.45, 7) is 1.13. The van der Waals surface area contributed by atoms with Crippen molar-refractivity contribution < 1.29 is 48.0 Å². The van der Waals surface area contributed by atoms with Crippen LogP contribution in [0.25, 0.3) is 0 Å². The Balaban J connectivity index is 0.000000323. The van der Waals surface area contributed by atoms with Gasteiger partial charge in [0.25, 0.3) is 19.7 Å². The van der Waals surface area contributed by atoms with Gasteiger partial charge in [0, 0.05) is 19.0 Å². The van der Waals surface area contributed by atoms with Crippen molar-refractivity contribution in [2.45, 2.75) is 27.7 Å². The summed E-state index contributed by atoms with van der Waals surface area (Å²) in [5.41, 5.74) is -10.8. The van der Waals surface area contributed by atoms with E-state index in [-0.39, 0.29) is 19.0 Å². The third kappa shape index (κ3) is 7.01. The molecule has 0 N–H and O–H groups in total. The van der Waals surface area contributed by atoms with Crippen molar-refractivity contribution in [1.29, 1.82) is 0 Å². The summed E-state index contributed by atoms with van der Waals surface area (Å²) in [6, 6.07) is 5.99. The van der Waals surface area contributed by atoms with Crippen LogP contribution in [0.4, 0.5) is 26.3 Å². The molecule has 0 aromatic heterocycles. The molecule has 0 radical (unpaired) electrons. The molecule has 2 aromatic carbocycles. The molecule has 16 heteroatoms. The summed E-state index contributed by atoms with van der Waals surface area (Å²) in [5.74, 6) is -0.523. The molecule has 32 heavy (non-hydrogen) atoms. The molecule has 0 amide bonds. The minimum atomic E-state index is -5.44. The number of halogens is 9. The van der Waals surface area contributed by atoms with E-state index < -0.39 is 46.3 Å². The van der Waals surface area contributed by atoms with Gasteiger partial charge < -0.3 is 0 Å². The first-order chi connectivity index (χ1) is 14.2. The highest BCUT2D eigenvalue weighted by Gasteiger charge is 2.47. The zero-order valence-corrected chi connectivity index (χ0v) is 21.6. The van der Waals surface area contributed by atoms with Crippen LogP contribution in [-0.4, -0.2) is 33.6 Å².